The Balaban J connectivity index is 1.92. The zero-order valence-electron chi connectivity index (χ0n) is 16.6. The van der Waals surface area contributed by atoms with E-state index in [-0.39, 0.29) is 17.3 Å². The van der Waals surface area contributed by atoms with Crippen molar-refractivity contribution in [3.05, 3.63) is 58.0 Å². The molecule has 0 spiro atoms. The Morgan fingerprint density at radius 3 is 2.52 bits per heavy atom. The molecule has 8 heteroatoms. The number of aromatic nitrogens is 1. The lowest BCUT2D eigenvalue weighted by atomic mass is 10.2. The van der Waals surface area contributed by atoms with E-state index < -0.39 is 23.2 Å². The van der Waals surface area contributed by atoms with Crippen molar-refractivity contribution in [2.45, 2.75) is 33.7 Å². The highest BCUT2D eigenvalue weighted by Gasteiger charge is 2.41. The van der Waals surface area contributed by atoms with Gasteiger partial charge in [-0.1, -0.05) is 0 Å². The monoisotopic (exact) mass is 416 g/mol. The van der Waals surface area contributed by atoms with Crippen molar-refractivity contribution < 1.29 is 23.5 Å². The van der Waals surface area contributed by atoms with Crippen molar-refractivity contribution in [1.29, 1.82) is 0 Å². The summed E-state index contributed by atoms with van der Waals surface area (Å²) in [6.45, 7) is 7.09. The molecular weight excluding hydrogens is 395 g/mol. The zero-order chi connectivity index (χ0) is 21.3. The number of rotatable bonds is 5. The number of imide groups is 1. The van der Waals surface area contributed by atoms with Crippen LogP contribution >= 0.6 is 11.8 Å². The van der Waals surface area contributed by atoms with Crippen molar-refractivity contribution in [2.75, 3.05) is 6.61 Å². The standard InChI is InChI=1S/C21H21FN2O4S/c1-5-28-20(26)14(4)24-19(25)18(29-21(24)27)11-15-10-12(2)23(13(15)3)17-8-6-16(22)7-9-17/h6-11,14H,5H2,1-4H3/b18-11+/t14-/m0/s1. The summed E-state index contributed by atoms with van der Waals surface area (Å²) >= 11 is 0.794. The minimum absolute atomic E-state index is 0.171. The minimum atomic E-state index is -0.986. The summed E-state index contributed by atoms with van der Waals surface area (Å²) in [6.07, 6.45) is 1.64. The lowest BCUT2D eigenvalue weighted by molar-refractivity contribution is -0.150. The first kappa shape index (κ1) is 20.9. The van der Waals surface area contributed by atoms with E-state index in [0.717, 1.165) is 39.3 Å². The van der Waals surface area contributed by atoms with E-state index in [9.17, 15) is 18.8 Å². The molecular formula is C21H21FN2O4S. The highest BCUT2D eigenvalue weighted by Crippen LogP contribution is 2.35. The van der Waals surface area contributed by atoms with Gasteiger partial charge in [0.2, 0.25) is 0 Å². The Morgan fingerprint density at radius 2 is 1.90 bits per heavy atom. The summed E-state index contributed by atoms with van der Waals surface area (Å²) in [7, 11) is 0. The van der Waals surface area contributed by atoms with Gasteiger partial charge in [0.25, 0.3) is 11.1 Å². The lowest BCUT2D eigenvalue weighted by Crippen LogP contribution is -2.42. The van der Waals surface area contributed by atoms with Crippen LogP contribution in [0.15, 0.2) is 35.2 Å². The van der Waals surface area contributed by atoms with Gasteiger partial charge in [-0.15, -0.1) is 0 Å². The Bertz CT molecular complexity index is 1010. The molecule has 152 valence electrons. The van der Waals surface area contributed by atoms with Crippen molar-refractivity contribution >= 4 is 35.0 Å². The number of hydrogen-bond acceptors (Lipinski definition) is 5. The average molecular weight is 416 g/mol. The molecule has 1 atom stereocenters. The average Bonchev–Trinajstić information content (AvgIpc) is 3.11. The number of carbonyl (C=O) groups excluding carboxylic acids is 3. The van der Waals surface area contributed by atoms with E-state index in [1.165, 1.54) is 19.1 Å². The Morgan fingerprint density at radius 1 is 1.24 bits per heavy atom. The molecule has 1 aliphatic heterocycles. The molecule has 29 heavy (non-hydrogen) atoms. The Hall–Kier alpha value is -2.87. The Labute approximate surface area is 172 Å². The van der Waals surface area contributed by atoms with E-state index in [0.29, 0.717) is 0 Å². The molecule has 2 heterocycles. The topological polar surface area (TPSA) is 68.6 Å². The van der Waals surface area contributed by atoms with E-state index in [2.05, 4.69) is 0 Å². The van der Waals surface area contributed by atoms with Crippen LogP contribution in [-0.2, 0) is 14.3 Å². The van der Waals surface area contributed by atoms with Gasteiger partial charge in [0.1, 0.15) is 11.9 Å². The first-order valence-corrected chi connectivity index (χ1v) is 9.94. The molecule has 3 rings (SSSR count). The summed E-state index contributed by atoms with van der Waals surface area (Å²) in [4.78, 5) is 38.2. The van der Waals surface area contributed by atoms with Gasteiger partial charge in [-0.25, -0.2) is 9.18 Å². The third-order valence-corrected chi connectivity index (χ3v) is 5.56. The fraction of sp³-hybridized carbons (Fsp3) is 0.286. The van der Waals surface area contributed by atoms with Gasteiger partial charge in [0.05, 0.1) is 11.5 Å². The maximum Gasteiger partial charge on any atom is 0.329 e. The lowest BCUT2D eigenvalue weighted by Gasteiger charge is -2.19. The van der Waals surface area contributed by atoms with Gasteiger partial charge in [-0.05, 0) is 81.4 Å². The maximum atomic E-state index is 13.2. The second-order valence-corrected chi connectivity index (χ2v) is 7.61. The largest absolute Gasteiger partial charge is 0.464 e. The number of benzene rings is 1. The van der Waals surface area contributed by atoms with Crippen LogP contribution in [-0.4, -0.2) is 39.2 Å². The number of hydrogen-bond donors (Lipinski definition) is 0. The third kappa shape index (κ3) is 3.98. The van der Waals surface area contributed by atoms with E-state index in [1.807, 2.05) is 24.5 Å². The summed E-state index contributed by atoms with van der Waals surface area (Å²) in [5, 5.41) is -0.505. The molecule has 1 saturated heterocycles. The number of ether oxygens (including phenoxy) is 1. The van der Waals surface area contributed by atoms with Gasteiger partial charge in [-0.2, -0.15) is 0 Å². The van der Waals surface area contributed by atoms with Gasteiger partial charge >= 0.3 is 5.97 Å². The van der Waals surface area contributed by atoms with Crippen LogP contribution in [0.2, 0.25) is 0 Å². The van der Waals surface area contributed by atoms with Crippen LogP contribution in [0.1, 0.15) is 30.8 Å². The molecule has 2 aromatic rings. The number of halogens is 1. The Kier molecular flexibility index (Phi) is 5.93. The van der Waals surface area contributed by atoms with Crippen molar-refractivity contribution in [1.82, 2.24) is 9.47 Å². The fourth-order valence-electron chi connectivity index (χ4n) is 3.24. The number of aryl methyl sites for hydroxylation is 1. The van der Waals surface area contributed by atoms with Crippen molar-refractivity contribution in [2.24, 2.45) is 0 Å². The fourth-order valence-corrected chi connectivity index (χ4v) is 4.14. The number of thioether (sulfide) groups is 1. The molecule has 0 bridgehead atoms. The van der Waals surface area contributed by atoms with Crippen LogP contribution in [0.4, 0.5) is 9.18 Å². The highest BCUT2D eigenvalue weighted by atomic mass is 32.2. The van der Waals surface area contributed by atoms with Gasteiger partial charge in [-0.3, -0.25) is 14.5 Å². The summed E-state index contributed by atoms with van der Waals surface area (Å²) in [5.74, 6) is -1.46. The third-order valence-electron chi connectivity index (χ3n) is 4.68. The molecule has 1 aliphatic rings. The van der Waals surface area contributed by atoms with Crippen LogP contribution < -0.4 is 0 Å². The van der Waals surface area contributed by atoms with Crippen LogP contribution in [0.5, 0.6) is 0 Å². The smallest absolute Gasteiger partial charge is 0.329 e. The normalized spacial score (nSPS) is 16.6. The first-order valence-electron chi connectivity index (χ1n) is 9.13. The molecule has 0 N–H and O–H groups in total. The number of amides is 2. The van der Waals surface area contributed by atoms with Gasteiger partial charge in [0, 0.05) is 17.1 Å². The maximum absolute atomic E-state index is 13.2. The van der Waals surface area contributed by atoms with E-state index in [4.69, 9.17) is 4.74 Å². The number of esters is 1. The van der Waals surface area contributed by atoms with E-state index in [1.54, 1.807) is 25.1 Å². The second-order valence-electron chi connectivity index (χ2n) is 6.62. The van der Waals surface area contributed by atoms with Crippen LogP contribution in [0, 0.1) is 19.7 Å². The van der Waals surface area contributed by atoms with E-state index >= 15 is 0 Å². The predicted molar refractivity (Wildman–Crippen MR) is 109 cm³/mol. The molecule has 1 aromatic heterocycles. The molecule has 6 nitrogen and oxygen atoms in total. The first-order chi connectivity index (χ1) is 13.7. The van der Waals surface area contributed by atoms with Crippen LogP contribution in [0.3, 0.4) is 0 Å². The number of nitrogens with zero attached hydrogens (tertiary/aromatic N) is 2. The van der Waals surface area contributed by atoms with Crippen LogP contribution in [0.25, 0.3) is 11.8 Å². The zero-order valence-corrected chi connectivity index (χ0v) is 17.4. The van der Waals surface area contributed by atoms with Crippen molar-refractivity contribution in [3.8, 4) is 5.69 Å². The number of carbonyl (C=O) groups is 3. The SMILES string of the molecule is CCOC(=O)[C@H](C)N1C(=O)S/C(=C/c2cc(C)n(-c3ccc(F)cc3)c2C)C1=O. The summed E-state index contributed by atoms with van der Waals surface area (Å²) in [5.41, 5.74) is 3.31. The quantitative estimate of drug-likeness (QED) is 0.539. The molecule has 1 aromatic carbocycles. The highest BCUT2D eigenvalue weighted by molar-refractivity contribution is 8.18. The summed E-state index contributed by atoms with van der Waals surface area (Å²) in [6, 6.07) is 7.02. The molecule has 0 saturated carbocycles. The molecule has 0 unspecified atom stereocenters. The summed E-state index contributed by atoms with van der Waals surface area (Å²) < 4.78 is 20.1. The molecule has 2 amide bonds. The predicted octanol–water partition coefficient (Wildman–Crippen LogP) is 4.22. The second kappa shape index (κ2) is 8.24. The van der Waals surface area contributed by atoms with Gasteiger partial charge < -0.3 is 9.30 Å². The van der Waals surface area contributed by atoms with Crippen molar-refractivity contribution in [3.63, 3.8) is 0 Å². The van der Waals surface area contributed by atoms with Gasteiger partial charge in [0.15, 0.2) is 0 Å². The molecule has 1 fully saturated rings. The molecule has 0 aliphatic carbocycles. The minimum Gasteiger partial charge on any atom is -0.464 e. The molecule has 0 radical (unpaired) electrons.